The van der Waals surface area contributed by atoms with Crippen molar-refractivity contribution in [2.75, 3.05) is 12.4 Å². The van der Waals surface area contributed by atoms with Crippen molar-refractivity contribution in [3.63, 3.8) is 0 Å². The average Bonchev–Trinajstić information content (AvgIpc) is 2.80. The predicted octanol–water partition coefficient (Wildman–Crippen LogP) is 4.19. The number of esters is 1. The minimum atomic E-state index is -0.917. The highest BCUT2D eigenvalue weighted by Gasteiger charge is 2.19. The van der Waals surface area contributed by atoms with E-state index >= 15 is 0 Å². The Bertz CT molecular complexity index is 1120. The molecule has 0 aliphatic heterocycles. The Kier molecular flexibility index (Phi) is 6.86. The summed E-state index contributed by atoms with van der Waals surface area (Å²) in [5.41, 5.74) is 1.27. The molecule has 1 N–H and O–H groups in total. The summed E-state index contributed by atoms with van der Waals surface area (Å²) >= 11 is 0. The first kappa shape index (κ1) is 21.4. The van der Waals surface area contributed by atoms with Gasteiger partial charge in [0.05, 0.1) is 18.2 Å². The van der Waals surface area contributed by atoms with Crippen molar-refractivity contribution in [3.05, 3.63) is 83.9 Å². The van der Waals surface area contributed by atoms with Crippen LogP contribution in [0.1, 0.15) is 22.8 Å². The zero-order valence-electron chi connectivity index (χ0n) is 17.0. The molecule has 31 heavy (non-hydrogen) atoms. The molecule has 0 spiro atoms. The van der Waals surface area contributed by atoms with E-state index in [9.17, 15) is 9.59 Å². The summed E-state index contributed by atoms with van der Waals surface area (Å²) in [7, 11) is 1.50. The van der Waals surface area contributed by atoms with Gasteiger partial charge < -0.3 is 19.5 Å². The van der Waals surface area contributed by atoms with Crippen LogP contribution in [0.4, 0.5) is 5.69 Å². The molecule has 0 aliphatic carbocycles. The molecule has 1 amide bonds. The van der Waals surface area contributed by atoms with Gasteiger partial charge in [-0.25, -0.2) is 4.79 Å². The van der Waals surface area contributed by atoms with Gasteiger partial charge in [-0.05, 0) is 55.5 Å². The van der Waals surface area contributed by atoms with Crippen LogP contribution in [0.25, 0.3) is 0 Å². The summed E-state index contributed by atoms with van der Waals surface area (Å²) < 4.78 is 16.1. The van der Waals surface area contributed by atoms with Gasteiger partial charge in [0.15, 0.2) is 6.10 Å². The molecule has 0 fully saturated rings. The highest BCUT2D eigenvalue weighted by Crippen LogP contribution is 2.22. The SMILES string of the molecule is COc1ccccc1C(=O)Nc1ccc(OC(=O)C(C)Oc2ccccc2C#N)cc1. The molecule has 156 valence electrons. The van der Waals surface area contributed by atoms with E-state index in [0.29, 0.717) is 34.1 Å². The summed E-state index contributed by atoms with van der Waals surface area (Å²) in [4.78, 5) is 24.8. The van der Waals surface area contributed by atoms with Gasteiger partial charge in [-0.3, -0.25) is 4.79 Å². The van der Waals surface area contributed by atoms with Gasteiger partial charge in [0.1, 0.15) is 23.3 Å². The lowest BCUT2D eigenvalue weighted by Gasteiger charge is -2.15. The summed E-state index contributed by atoms with van der Waals surface area (Å²) in [6, 6.07) is 21.9. The third kappa shape index (κ3) is 5.40. The van der Waals surface area contributed by atoms with Crippen molar-refractivity contribution in [2.45, 2.75) is 13.0 Å². The number of hydrogen-bond acceptors (Lipinski definition) is 6. The van der Waals surface area contributed by atoms with Gasteiger partial charge in [0, 0.05) is 5.69 Å². The number of nitrogens with zero attached hydrogens (tertiary/aromatic N) is 1. The molecule has 7 nitrogen and oxygen atoms in total. The Hall–Kier alpha value is -4.31. The standard InChI is InChI=1S/C24H20N2O5/c1-16(30-21-9-5-3-7-17(21)15-25)24(28)31-19-13-11-18(12-14-19)26-23(27)20-8-4-6-10-22(20)29-2/h3-14,16H,1-2H3,(H,26,27). The van der Waals surface area contributed by atoms with E-state index in [2.05, 4.69) is 5.32 Å². The van der Waals surface area contributed by atoms with Crippen molar-refractivity contribution in [1.29, 1.82) is 5.26 Å². The lowest BCUT2D eigenvalue weighted by molar-refractivity contribution is -0.141. The topological polar surface area (TPSA) is 97.7 Å². The second-order valence-electron chi connectivity index (χ2n) is 6.47. The Morgan fingerprint density at radius 2 is 1.58 bits per heavy atom. The fourth-order valence-corrected chi connectivity index (χ4v) is 2.74. The molecule has 0 aliphatic rings. The summed E-state index contributed by atoms with van der Waals surface area (Å²) in [6.07, 6.45) is -0.917. The highest BCUT2D eigenvalue weighted by atomic mass is 16.6. The maximum Gasteiger partial charge on any atom is 0.352 e. The average molecular weight is 416 g/mol. The van der Waals surface area contributed by atoms with Gasteiger partial charge in [0.2, 0.25) is 0 Å². The molecule has 3 rings (SSSR count). The van der Waals surface area contributed by atoms with E-state index in [1.807, 2.05) is 6.07 Å². The number of carbonyl (C=O) groups excluding carboxylic acids is 2. The van der Waals surface area contributed by atoms with E-state index in [-0.39, 0.29) is 5.91 Å². The number of nitrogens with one attached hydrogen (secondary N) is 1. The molecule has 0 radical (unpaired) electrons. The van der Waals surface area contributed by atoms with Gasteiger partial charge in [-0.1, -0.05) is 24.3 Å². The van der Waals surface area contributed by atoms with Crippen LogP contribution in [0, 0.1) is 11.3 Å². The van der Waals surface area contributed by atoms with Crippen LogP contribution in [0.2, 0.25) is 0 Å². The van der Waals surface area contributed by atoms with Crippen molar-refractivity contribution >= 4 is 17.6 Å². The minimum Gasteiger partial charge on any atom is -0.496 e. The second kappa shape index (κ2) is 9.94. The zero-order valence-corrected chi connectivity index (χ0v) is 17.0. The van der Waals surface area contributed by atoms with Gasteiger partial charge >= 0.3 is 5.97 Å². The van der Waals surface area contributed by atoms with Crippen molar-refractivity contribution in [1.82, 2.24) is 0 Å². The second-order valence-corrected chi connectivity index (χ2v) is 6.47. The Labute approximate surface area is 179 Å². The van der Waals surface area contributed by atoms with Crippen molar-refractivity contribution < 1.29 is 23.8 Å². The van der Waals surface area contributed by atoms with E-state index in [4.69, 9.17) is 19.5 Å². The molecule has 0 heterocycles. The lowest BCUT2D eigenvalue weighted by Crippen LogP contribution is -2.28. The van der Waals surface area contributed by atoms with Crippen molar-refractivity contribution in [3.8, 4) is 23.3 Å². The van der Waals surface area contributed by atoms with Crippen LogP contribution in [-0.4, -0.2) is 25.1 Å². The fourth-order valence-electron chi connectivity index (χ4n) is 2.74. The molecule has 1 unspecified atom stereocenters. The molecule has 3 aromatic rings. The molecule has 7 heteroatoms. The highest BCUT2D eigenvalue weighted by molar-refractivity contribution is 6.06. The molecular weight excluding hydrogens is 396 g/mol. The molecule has 0 aromatic heterocycles. The first-order valence-electron chi connectivity index (χ1n) is 9.43. The molecule has 1 atom stereocenters. The van der Waals surface area contributed by atoms with E-state index < -0.39 is 12.1 Å². The van der Waals surface area contributed by atoms with E-state index in [0.717, 1.165) is 0 Å². The van der Waals surface area contributed by atoms with Crippen LogP contribution >= 0.6 is 0 Å². The molecule has 0 saturated heterocycles. The summed E-state index contributed by atoms with van der Waals surface area (Å²) in [6.45, 7) is 1.54. The van der Waals surface area contributed by atoms with Gasteiger partial charge in [-0.15, -0.1) is 0 Å². The fraction of sp³-hybridized carbons (Fsp3) is 0.125. The molecule has 0 bridgehead atoms. The summed E-state index contributed by atoms with van der Waals surface area (Å²) in [5, 5.41) is 11.9. The maximum atomic E-state index is 12.5. The minimum absolute atomic E-state index is 0.296. The number of methoxy groups -OCH3 is 1. The third-order valence-corrected chi connectivity index (χ3v) is 4.33. The number of rotatable bonds is 7. The predicted molar refractivity (Wildman–Crippen MR) is 114 cm³/mol. The van der Waals surface area contributed by atoms with Crippen molar-refractivity contribution in [2.24, 2.45) is 0 Å². The van der Waals surface area contributed by atoms with Crippen LogP contribution < -0.4 is 19.5 Å². The summed E-state index contributed by atoms with van der Waals surface area (Å²) in [5.74, 6) is 0.143. The number of anilines is 1. The molecule has 0 saturated carbocycles. The van der Waals surface area contributed by atoms with Crippen LogP contribution in [-0.2, 0) is 4.79 Å². The third-order valence-electron chi connectivity index (χ3n) is 4.33. The first-order valence-corrected chi connectivity index (χ1v) is 9.43. The largest absolute Gasteiger partial charge is 0.496 e. The smallest absolute Gasteiger partial charge is 0.352 e. The normalized spacial score (nSPS) is 11.0. The number of benzene rings is 3. The van der Waals surface area contributed by atoms with Crippen LogP contribution in [0.15, 0.2) is 72.8 Å². The van der Waals surface area contributed by atoms with Crippen LogP contribution in [0.5, 0.6) is 17.2 Å². The Morgan fingerprint density at radius 1 is 0.935 bits per heavy atom. The maximum absolute atomic E-state index is 12.5. The molecular formula is C24H20N2O5. The van der Waals surface area contributed by atoms with E-state index in [1.54, 1.807) is 79.7 Å². The quantitative estimate of drug-likeness (QED) is 0.458. The Balaban J connectivity index is 1.60. The number of nitriles is 1. The van der Waals surface area contributed by atoms with Gasteiger partial charge in [-0.2, -0.15) is 5.26 Å². The van der Waals surface area contributed by atoms with Crippen LogP contribution in [0.3, 0.4) is 0 Å². The van der Waals surface area contributed by atoms with Gasteiger partial charge in [0.25, 0.3) is 5.91 Å². The lowest BCUT2D eigenvalue weighted by atomic mass is 10.2. The first-order chi connectivity index (χ1) is 15.0. The number of hydrogen-bond donors (Lipinski definition) is 1. The van der Waals surface area contributed by atoms with E-state index in [1.165, 1.54) is 7.11 Å². The number of amides is 1. The molecule has 3 aromatic carbocycles. The Morgan fingerprint density at radius 3 is 2.26 bits per heavy atom. The number of ether oxygens (including phenoxy) is 3. The zero-order chi connectivity index (χ0) is 22.2. The number of para-hydroxylation sites is 2. The number of carbonyl (C=O) groups is 2. The monoisotopic (exact) mass is 416 g/mol.